The minimum absolute atomic E-state index is 0.248. The van der Waals surface area contributed by atoms with E-state index in [0.29, 0.717) is 32.8 Å². The van der Waals surface area contributed by atoms with E-state index in [4.69, 9.17) is 4.74 Å². The lowest BCUT2D eigenvalue weighted by Gasteiger charge is -2.26. The van der Waals surface area contributed by atoms with Gasteiger partial charge in [-0.3, -0.25) is 4.57 Å². The zero-order valence-corrected chi connectivity index (χ0v) is 16.0. The first-order valence-corrected chi connectivity index (χ1v) is 10.7. The lowest BCUT2D eigenvalue weighted by molar-refractivity contribution is 0.0730. The predicted molar refractivity (Wildman–Crippen MR) is 101 cm³/mol. The van der Waals surface area contributed by atoms with Crippen molar-refractivity contribution >= 4 is 21.4 Å². The van der Waals surface area contributed by atoms with Gasteiger partial charge in [-0.05, 0) is 29.8 Å². The van der Waals surface area contributed by atoms with Gasteiger partial charge in [-0.2, -0.15) is 9.40 Å². The molecule has 8 nitrogen and oxygen atoms in total. The number of nitrogens with one attached hydrogen (secondary N) is 1. The minimum Gasteiger partial charge on any atom is -0.379 e. The Morgan fingerprint density at radius 3 is 2.52 bits per heavy atom. The Labute approximate surface area is 160 Å². The molecule has 0 saturated carbocycles. The fourth-order valence-corrected chi connectivity index (χ4v) is 5.32. The molecule has 0 unspecified atom stereocenters. The van der Waals surface area contributed by atoms with Crippen molar-refractivity contribution < 1.29 is 13.2 Å². The van der Waals surface area contributed by atoms with Gasteiger partial charge in [0.2, 0.25) is 10.0 Å². The third kappa shape index (κ3) is 3.74. The van der Waals surface area contributed by atoms with E-state index in [1.54, 1.807) is 23.5 Å². The lowest BCUT2D eigenvalue weighted by atomic mass is 10.2. The summed E-state index contributed by atoms with van der Waals surface area (Å²) in [5.74, 6) is 0. The summed E-state index contributed by atoms with van der Waals surface area (Å²) < 4.78 is 33.5. The lowest BCUT2D eigenvalue weighted by Crippen LogP contribution is -2.40. The van der Waals surface area contributed by atoms with Crippen LogP contribution in [-0.2, 0) is 21.3 Å². The Kier molecular flexibility index (Phi) is 4.96. The zero-order chi connectivity index (χ0) is 18.9. The van der Waals surface area contributed by atoms with Gasteiger partial charge in [0.05, 0.1) is 24.7 Å². The van der Waals surface area contributed by atoms with Gasteiger partial charge in [-0.15, -0.1) is 11.3 Å². The Balaban J connectivity index is 1.52. The van der Waals surface area contributed by atoms with Crippen LogP contribution in [0.15, 0.2) is 52.4 Å². The van der Waals surface area contributed by atoms with Crippen molar-refractivity contribution in [3.8, 4) is 10.4 Å². The van der Waals surface area contributed by atoms with E-state index in [9.17, 15) is 13.2 Å². The quantitative estimate of drug-likeness (QED) is 0.690. The number of rotatable bonds is 5. The van der Waals surface area contributed by atoms with Crippen molar-refractivity contribution in [2.24, 2.45) is 0 Å². The van der Waals surface area contributed by atoms with Crippen LogP contribution in [0.2, 0.25) is 0 Å². The largest absolute Gasteiger partial charge is 0.379 e. The molecular weight excluding hydrogens is 388 g/mol. The highest BCUT2D eigenvalue weighted by molar-refractivity contribution is 7.89. The first kappa shape index (κ1) is 18.1. The second-order valence-corrected chi connectivity index (χ2v) is 9.20. The van der Waals surface area contributed by atoms with Crippen molar-refractivity contribution in [2.75, 3.05) is 26.3 Å². The number of benzene rings is 1. The van der Waals surface area contributed by atoms with Gasteiger partial charge in [-0.1, -0.05) is 12.1 Å². The van der Waals surface area contributed by atoms with Crippen LogP contribution in [0, 0.1) is 0 Å². The van der Waals surface area contributed by atoms with Crippen molar-refractivity contribution in [1.29, 1.82) is 0 Å². The number of ether oxygens (including phenoxy) is 1. The smallest absolute Gasteiger partial charge is 0.343 e. The molecular formula is C17H18N4O4S2. The van der Waals surface area contributed by atoms with Crippen LogP contribution in [0.5, 0.6) is 0 Å². The molecule has 1 fully saturated rings. The molecule has 0 spiro atoms. The second-order valence-electron chi connectivity index (χ2n) is 6.10. The molecule has 10 heteroatoms. The minimum atomic E-state index is -3.49. The standard InChI is InChI=1S/C17H18N4O4S2/c22-17-19-18-12-20(17)11-14-3-6-16(26-14)13-1-4-15(5-2-13)27(23,24)21-7-9-25-10-8-21/h1-6,12H,7-11H2,(H,19,22). The van der Waals surface area contributed by atoms with Crippen LogP contribution < -0.4 is 5.69 Å². The third-order valence-corrected chi connectivity index (χ3v) is 7.38. The van der Waals surface area contributed by atoms with Gasteiger partial charge in [0, 0.05) is 22.8 Å². The highest BCUT2D eigenvalue weighted by Gasteiger charge is 2.26. The fourth-order valence-electron chi connectivity index (χ4n) is 2.90. The van der Waals surface area contributed by atoms with Gasteiger partial charge in [-0.25, -0.2) is 18.3 Å². The van der Waals surface area contributed by atoms with E-state index in [1.807, 2.05) is 24.3 Å². The summed E-state index contributed by atoms with van der Waals surface area (Å²) in [5.41, 5.74) is 0.689. The average molecular weight is 406 g/mol. The van der Waals surface area contributed by atoms with E-state index in [0.717, 1.165) is 15.3 Å². The molecule has 1 aromatic carbocycles. The van der Waals surface area contributed by atoms with Crippen molar-refractivity contribution in [1.82, 2.24) is 19.1 Å². The number of sulfonamides is 1. The monoisotopic (exact) mass is 406 g/mol. The molecule has 3 heterocycles. The summed E-state index contributed by atoms with van der Waals surface area (Å²) >= 11 is 1.56. The van der Waals surface area contributed by atoms with Crippen LogP contribution in [0.1, 0.15) is 4.88 Å². The van der Waals surface area contributed by atoms with E-state index in [2.05, 4.69) is 10.2 Å². The zero-order valence-electron chi connectivity index (χ0n) is 14.4. The number of hydrogen-bond acceptors (Lipinski definition) is 6. The molecule has 1 saturated heterocycles. The topological polar surface area (TPSA) is 97.3 Å². The maximum Gasteiger partial charge on any atom is 0.343 e. The fraction of sp³-hybridized carbons (Fsp3) is 0.294. The van der Waals surface area contributed by atoms with Crippen molar-refractivity contribution in [3.05, 3.63) is 58.1 Å². The van der Waals surface area contributed by atoms with Crippen LogP contribution in [0.3, 0.4) is 0 Å². The molecule has 0 radical (unpaired) electrons. The highest BCUT2D eigenvalue weighted by atomic mass is 32.2. The van der Waals surface area contributed by atoms with E-state index < -0.39 is 10.0 Å². The first-order valence-electron chi connectivity index (χ1n) is 8.41. The third-order valence-electron chi connectivity index (χ3n) is 4.35. The first-order chi connectivity index (χ1) is 13.0. The molecule has 1 aliphatic heterocycles. The summed E-state index contributed by atoms with van der Waals surface area (Å²) in [4.78, 5) is 13.9. The van der Waals surface area contributed by atoms with Gasteiger partial charge < -0.3 is 4.74 Å². The number of hydrogen-bond donors (Lipinski definition) is 1. The Morgan fingerprint density at radius 1 is 1.11 bits per heavy atom. The van der Waals surface area contributed by atoms with Gasteiger partial charge in [0.15, 0.2) is 0 Å². The molecule has 142 valence electrons. The summed E-state index contributed by atoms with van der Waals surface area (Å²) in [6.45, 7) is 2.06. The molecule has 0 aliphatic carbocycles. The number of thiophene rings is 1. The van der Waals surface area contributed by atoms with Crippen molar-refractivity contribution in [2.45, 2.75) is 11.4 Å². The highest BCUT2D eigenvalue weighted by Crippen LogP contribution is 2.29. The molecule has 1 aliphatic rings. The summed E-state index contributed by atoms with van der Waals surface area (Å²) in [6, 6.07) is 10.8. The molecule has 2 aromatic heterocycles. The average Bonchev–Trinajstić information content (AvgIpc) is 3.32. The van der Waals surface area contributed by atoms with Gasteiger partial charge >= 0.3 is 5.69 Å². The van der Waals surface area contributed by atoms with E-state index in [-0.39, 0.29) is 10.6 Å². The second kappa shape index (κ2) is 7.39. The Hall–Kier alpha value is -2.27. The van der Waals surface area contributed by atoms with Crippen LogP contribution in [-0.4, -0.2) is 53.8 Å². The maximum absolute atomic E-state index is 12.7. The number of H-pyrrole nitrogens is 1. The number of aromatic nitrogens is 3. The molecule has 27 heavy (non-hydrogen) atoms. The van der Waals surface area contributed by atoms with Crippen molar-refractivity contribution in [3.63, 3.8) is 0 Å². The van der Waals surface area contributed by atoms with Gasteiger partial charge in [0.25, 0.3) is 0 Å². The summed E-state index contributed by atoms with van der Waals surface area (Å²) in [7, 11) is -3.49. The maximum atomic E-state index is 12.7. The Bertz CT molecular complexity index is 1080. The molecule has 3 aromatic rings. The molecule has 0 bridgehead atoms. The predicted octanol–water partition coefficient (Wildman–Crippen LogP) is 1.37. The van der Waals surface area contributed by atoms with Crippen LogP contribution >= 0.6 is 11.3 Å². The van der Waals surface area contributed by atoms with Crippen LogP contribution in [0.25, 0.3) is 10.4 Å². The van der Waals surface area contributed by atoms with E-state index in [1.165, 1.54) is 15.2 Å². The van der Waals surface area contributed by atoms with Gasteiger partial charge in [0.1, 0.15) is 6.33 Å². The van der Waals surface area contributed by atoms with Crippen LogP contribution in [0.4, 0.5) is 0 Å². The SMILES string of the molecule is O=c1[nH]ncn1Cc1ccc(-c2ccc(S(=O)(=O)N3CCOCC3)cc2)s1. The molecule has 0 atom stereocenters. The van der Waals surface area contributed by atoms with E-state index >= 15 is 0 Å². The Morgan fingerprint density at radius 2 is 1.85 bits per heavy atom. The normalized spacial score (nSPS) is 15.9. The molecule has 0 amide bonds. The molecule has 1 N–H and O–H groups in total. The number of aromatic amines is 1. The number of nitrogens with zero attached hydrogens (tertiary/aromatic N) is 3. The number of morpholine rings is 1. The summed E-state index contributed by atoms with van der Waals surface area (Å²) in [6.07, 6.45) is 1.47. The molecule has 4 rings (SSSR count). The summed E-state index contributed by atoms with van der Waals surface area (Å²) in [5, 5.41) is 6.08.